The molecule has 2 aromatic carbocycles. The lowest BCUT2D eigenvalue weighted by Gasteiger charge is -2.23. The minimum absolute atomic E-state index is 0.0172. The van der Waals surface area contributed by atoms with Crippen molar-refractivity contribution in [3.8, 4) is 0 Å². The van der Waals surface area contributed by atoms with Crippen LogP contribution in [-0.4, -0.2) is 23.6 Å². The Morgan fingerprint density at radius 2 is 2.00 bits per heavy atom. The molecular weight excluding hydrogens is 324 g/mol. The second-order valence-corrected chi connectivity index (χ2v) is 6.53. The standard InChI is InChI=1S/C18H18N2O3S/c1-24-17-10-9-14(12-16(17)20(22)23)18(21)19-11-5-4-7-13-6-2-3-8-15(13)19/h2-3,6,8-10,12H,4-5,7,11H2,1H3. The SMILES string of the molecule is CSc1ccc(C(=O)N2CCCCc3ccccc32)cc1[N+](=O)[O-]. The smallest absolute Gasteiger partial charge is 0.283 e. The number of para-hydroxylation sites is 1. The van der Waals surface area contributed by atoms with Gasteiger partial charge in [-0.1, -0.05) is 18.2 Å². The van der Waals surface area contributed by atoms with Crippen LogP contribution in [-0.2, 0) is 6.42 Å². The highest BCUT2D eigenvalue weighted by atomic mass is 32.2. The minimum Gasteiger partial charge on any atom is -0.308 e. The summed E-state index contributed by atoms with van der Waals surface area (Å²) in [5.74, 6) is -0.180. The topological polar surface area (TPSA) is 63.5 Å². The monoisotopic (exact) mass is 342 g/mol. The minimum atomic E-state index is -0.432. The van der Waals surface area contributed by atoms with Crippen molar-refractivity contribution in [2.24, 2.45) is 0 Å². The number of nitrogens with zero attached hydrogens (tertiary/aromatic N) is 2. The molecule has 2 aromatic rings. The second-order valence-electron chi connectivity index (χ2n) is 5.69. The fourth-order valence-electron chi connectivity index (χ4n) is 3.02. The van der Waals surface area contributed by atoms with Crippen LogP contribution in [0.4, 0.5) is 11.4 Å². The Morgan fingerprint density at radius 3 is 2.75 bits per heavy atom. The number of hydrogen-bond acceptors (Lipinski definition) is 4. The van der Waals surface area contributed by atoms with Crippen molar-refractivity contribution in [1.29, 1.82) is 0 Å². The summed E-state index contributed by atoms with van der Waals surface area (Å²) in [4.78, 5) is 26.1. The van der Waals surface area contributed by atoms with Gasteiger partial charge < -0.3 is 4.90 Å². The average Bonchev–Trinajstić information content (AvgIpc) is 2.83. The van der Waals surface area contributed by atoms with Crippen LogP contribution < -0.4 is 4.90 Å². The van der Waals surface area contributed by atoms with Crippen LogP contribution in [0.2, 0.25) is 0 Å². The van der Waals surface area contributed by atoms with E-state index < -0.39 is 4.92 Å². The van der Waals surface area contributed by atoms with Crippen molar-refractivity contribution in [1.82, 2.24) is 0 Å². The number of benzene rings is 2. The fraction of sp³-hybridized carbons (Fsp3) is 0.278. The Morgan fingerprint density at radius 1 is 1.21 bits per heavy atom. The molecule has 6 heteroatoms. The summed E-state index contributed by atoms with van der Waals surface area (Å²) in [5.41, 5.74) is 2.41. The van der Waals surface area contributed by atoms with Crippen LogP contribution in [0.1, 0.15) is 28.8 Å². The highest BCUT2D eigenvalue weighted by Gasteiger charge is 2.24. The number of hydrogen-bond donors (Lipinski definition) is 0. The van der Waals surface area contributed by atoms with E-state index in [1.54, 1.807) is 23.3 Å². The van der Waals surface area contributed by atoms with Crippen molar-refractivity contribution in [2.75, 3.05) is 17.7 Å². The zero-order chi connectivity index (χ0) is 17.1. The molecule has 124 valence electrons. The molecule has 0 N–H and O–H groups in total. The van der Waals surface area contributed by atoms with E-state index in [9.17, 15) is 14.9 Å². The predicted octanol–water partition coefficient (Wildman–Crippen LogP) is 4.30. The van der Waals surface area contributed by atoms with Crippen LogP contribution in [0.3, 0.4) is 0 Å². The van der Waals surface area contributed by atoms with Crippen LogP contribution in [0.5, 0.6) is 0 Å². The Labute approximate surface area is 144 Å². The quantitative estimate of drug-likeness (QED) is 0.474. The van der Waals surface area contributed by atoms with Gasteiger partial charge in [0.25, 0.3) is 11.6 Å². The summed E-state index contributed by atoms with van der Waals surface area (Å²) in [6.45, 7) is 0.633. The molecule has 3 rings (SSSR count). The predicted molar refractivity (Wildman–Crippen MR) is 95.9 cm³/mol. The van der Waals surface area contributed by atoms with Crippen molar-refractivity contribution in [3.05, 3.63) is 63.7 Å². The molecule has 1 heterocycles. The van der Waals surface area contributed by atoms with Gasteiger partial charge in [0.05, 0.1) is 9.82 Å². The Hall–Kier alpha value is -2.34. The van der Waals surface area contributed by atoms with Crippen LogP contribution >= 0.6 is 11.8 Å². The first-order chi connectivity index (χ1) is 11.6. The normalized spacial score (nSPS) is 14.0. The lowest BCUT2D eigenvalue weighted by atomic mass is 10.1. The molecule has 1 amide bonds. The Bertz CT molecular complexity index is 792. The molecule has 0 radical (unpaired) electrons. The fourth-order valence-corrected chi connectivity index (χ4v) is 3.57. The largest absolute Gasteiger partial charge is 0.308 e. The molecule has 0 bridgehead atoms. The van der Waals surface area contributed by atoms with E-state index in [2.05, 4.69) is 0 Å². The number of thioether (sulfide) groups is 1. The molecule has 0 saturated heterocycles. The lowest BCUT2D eigenvalue weighted by Crippen LogP contribution is -2.31. The molecule has 0 atom stereocenters. The number of carbonyl (C=O) groups is 1. The maximum Gasteiger partial charge on any atom is 0.283 e. The lowest BCUT2D eigenvalue weighted by molar-refractivity contribution is -0.387. The van der Waals surface area contributed by atoms with Gasteiger partial charge in [-0.05, 0) is 49.3 Å². The summed E-state index contributed by atoms with van der Waals surface area (Å²) < 4.78 is 0. The van der Waals surface area contributed by atoms with Gasteiger partial charge in [-0.15, -0.1) is 11.8 Å². The van der Waals surface area contributed by atoms with Crippen molar-refractivity contribution >= 4 is 29.0 Å². The molecule has 5 nitrogen and oxygen atoms in total. The van der Waals surface area contributed by atoms with Gasteiger partial charge in [-0.25, -0.2) is 0 Å². The highest BCUT2D eigenvalue weighted by Crippen LogP contribution is 2.31. The van der Waals surface area contributed by atoms with Crippen molar-refractivity contribution in [2.45, 2.75) is 24.2 Å². The van der Waals surface area contributed by atoms with E-state index >= 15 is 0 Å². The number of rotatable bonds is 3. The third-order valence-corrected chi connectivity index (χ3v) is 5.01. The number of fused-ring (bicyclic) bond motifs is 1. The van der Waals surface area contributed by atoms with E-state index in [-0.39, 0.29) is 11.6 Å². The van der Waals surface area contributed by atoms with E-state index in [4.69, 9.17) is 0 Å². The summed E-state index contributed by atoms with van der Waals surface area (Å²) >= 11 is 1.31. The maximum atomic E-state index is 13.0. The zero-order valence-electron chi connectivity index (χ0n) is 13.4. The van der Waals surface area contributed by atoms with Gasteiger partial charge >= 0.3 is 0 Å². The van der Waals surface area contributed by atoms with Crippen molar-refractivity contribution in [3.63, 3.8) is 0 Å². The van der Waals surface area contributed by atoms with Crippen molar-refractivity contribution < 1.29 is 9.72 Å². The second kappa shape index (κ2) is 7.05. The summed E-state index contributed by atoms with van der Waals surface area (Å²) in [5, 5.41) is 11.3. The summed E-state index contributed by atoms with van der Waals surface area (Å²) in [6.07, 6.45) is 4.69. The van der Waals surface area contributed by atoms with Crippen LogP contribution in [0.25, 0.3) is 0 Å². The van der Waals surface area contributed by atoms with E-state index in [0.29, 0.717) is 17.0 Å². The zero-order valence-corrected chi connectivity index (χ0v) is 14.2. The number of nitro benzene ring substituents is 1. The molecule has 0 aromatic heterocycles. The molecule has 0 aliphatic carbocycles. The third-order valence-electron chi connectivity index (χ3n) is 4.23. The van der Waals surface area contributed by atoms with Gasteiger partial charge in [0.2, 0.25) is 0 Å². The average molecular weight is 342 g/mol. The van der Waals surface area contributed by atoms with Crippen LogP contribution in [0, 0.1) is 10.1 Å². The van der Waals surface area contributed by atoms with Gasteiger partial charge in [-0.2, -0.15) is 0 Å². The molecule has 1 aliphatic heterocycles. The van der Waals surface area contributed by atoms with Gasteiger partial charge in [-0.3, -0.25) is 14.9 Å². The third kappa shape index (κ3) is 3.14. The van der Waals surface area contributed by atoms with E-state index in [1.165, 1.54) is 17.8 Å². The van der Waals surface area contributed by atoms with Gasteiger partial charge in [0, 0.05) is 23.9 Å². The first kappa shape index (κ1) is 16.5. The maximum absolute atomic E-state index is 13.0. The highest BCUT2D eigenvalue weighted by molar-refractivity contribution is 7.98. The van der Waals surface area contributed by atoms with E-state index in [1.807, 2.05) is 24.3 Å². The van der Waals surface area contributed by atoms with E-state index in [0.717, 1.165) is 30.5 Å². The number of anilines is 1. The molecule has 24 heavy (non-hydrogen) atoms. The Kier molecular flexibility index (Phi) is 4.85. The number of carbonyl (C=O) groups excluding carboxylic acids is 1. The molecule has 0 saturated carbocycles. The molecule has 0 spiro atoms. The number of nitro groups is 1. The Balaban J connectivity index is 2.00. The molecule has 0 fully saturated rings. The molecule has 0 unspecified atom stereocenters. The number of amides is 1. The summed E-state index contributed by atoms with van der Waals surface area (Å²) in [6, 6.07) is 12.6. The first-order valence-corrected chi connectivity index (χ1v) is 9.06. The molecule has 1 aliphatic rings. The number of aryl methyl sites for hydroxylation is 1. The van der Waals surface area contributed by atoms with Gasteiger partial charge in [0.1, 0.15) is 0 Å². The van der Waals surface area contributed by atoms with Crippen LogP contribution in [0.15, 0.2) is 47.4 Å². The molecular formula is C18H18N2O3S. The summed E-state index contributed by atoms with van der Waals surface area (Å²) in [7, 11) is 0. The first-order valence-electron chi connectivity index (χ1n) is 7.84. The van der Waals surface area contributed by atoms with Gasteiger partial charge in [0.15, 0.2) is 0 Å².